The zero-order chi connectivity index (χ0) is 15.1. The van der Waals surface area contributed by atoms with Crippen LogP contribution in [0.15, 0.2) is 40.9 Å². The third-order valence-corrected chi connectivity index (χ3v) is 5.10. The Kier molecular flexibility index (Phi) is 3.59. The van der Waals surface area contributed by atoms with Crippen LogP contribution in [0.4, 0.5) is 5.69 Å². The Bertz CT molecular complexity index is 727. The number of likely N-dealkylation sites (N-methyl/N-ethyl adjacent to an activating group) is 1. The van der Waals surface area contributed by atoms with Crippen molar-refractivity contribution in [3.8, 4) is 0 Å². The average molecular weight is 346 g/mol. The minimum absolute atomic E-state index is 0.0911. The molecule has 2 aromatic rings. The predicted octanol–water partition coefficient (Wildman–Crippen LogP) is 3.36. The van der Waals surface area contributed by atoms with Crippen molar-refractivity contribution in [2.45, 2.75) is 19.4 Å². The molecule has 2 aromatic carbocycles. The van der Waals surface area contributed by atoms with E-state index in [1.54, 1.807) is 11.9 Å². The molecule has 108 valence electrons. The number of aryl methyl sites for hydroxylation is 1. The molecule has 0 spiro atoms. The van der Waals surface area contributed by atoms with E-state index in [1.165, 1.54) is 0 Å². The molecular weight excluding hydrogens is 330 g/mol. The molecule has 1 atom stereocenters. The maximum absolute atomic E-state index is 11.7. The first-order valence-corrected chi connectivity index (χ1v) is 7.61. The van der Waals surface area contributed by atoms with Gasteiger partial charge in [0.15, 0.2) is 0 Å². The van der Waals surface area contributed by atoms with E-state index in [-0.39, 0.29) is 5.91 Å². The van der Waals surface area contributed by atoms with Gasteiger partial charge in [0.1, 0.15) is 6.10 Å². The van der Waals surface area contributed by atoms with Crippen molar-refractivity contribution in [3.63, 3.8) is 0 Å². The lowest BCUT2D eigenvalue weighted by atomic mass is 9.97. The summed E-state index contributed by atoms with van der Waals surface area (Å²) >= 11 is 3.54. The fraction of sp³-hybridized carbons (Fsp3) is 0.235. The van der Waals surface area contributed by atoms with Crippen LogP contribution in [0.2, 0.25) is 0 Å². The van der Waals surface area contributed by atoms with E-state index >= 15 is 0 Å². The van der Waals surface area contributed by atoms with Crippen LogP contribution in [-0.2, 0) is 11.2 Å². The summed E-state index contributed by atoms with van der Waals surface area (Å²) in [5, 5.41) is 10.6. The Morgan fingerprint density at radius 3 is 2.81 bits per heavy atom. The van der Waals surface area contributed by atoms with Gasteiger partial charge >= 0.3 is 0 Å². The molecule has 1 N–H and O–H groups in total. The number of benzene rings is 2. The molecule has 0 radical (unpaired) electrons. The van der Waals surface area contributed by atoms with Crippen LogP contribution in [0.25, 0.3) is 0 Å². The fourth-order valence-corrected chi connectivity index (χ4v) is 3.20. The predicted molar refractivity (Wildman–Crippen MR) is 86.5 cm³/mol. The summed E-state index contributed by atoms with van der Waals surface area (Å²) in [6.45, 7) is 2.00. The first kappa shape index (κ1) is 14.3. The SMILES string of the molecule is Cc1cccc(C(O)c2ccc3c(c2)CC(=O)N3C)c1Br. The van der Waals surface area contributed by atoms with Gasteiger partial charge in [-0.3, -0.25) is 4.79 Å². The lowest BCUT2D eigenvalue weighted by Gasteiger charge is -2.16. The van der Waals surface area contributed by atoms with E-state index in [1.807, 2.05) is 43.3 Å². The molecule has 3 rings (SSSR count). The van der Waals surface area contributed by atoms with Crippen molar-refractivity contribution in [1.82, 2.24) is 0 Å². The van der Waals surface area contributed by atoms with Gasteiger partial charge in [-0.25, -0.2) is 0 Å². The number of nitrogens with zero attached hydrogens (tertiary/aromatic N) is 1. The second kappa shape index (κ2) is 5.28. The third-order valence-electron chi connectivity index (χ3n) is 4.01. The molecule has 0 saturated carbocycles. The van der Waals surface area contributed by atoms with Crippen LogP contribution in [0.1, 0.15) is 28.4 Å². The van der Waals surface area contributed by atoms with E-state index in [9.17, 15) is 9.90 Å². The highest BCUT2D eigenvalue weighted by Crippen LogP contribution is 2.34. The van der Waals surface area contributed by atoms with Crippen molar-refractivity contribution in [2.24, 2.45) is 0 Å². The quantitative estimate of drug-likeness (QED) is 0.906. The molecule has 4 heteroatoms. The zero-order valence-corrected chi connectivity index (χ0v) is 13.5. The monoisotopic (exact) mass is 345 g/mol. The van der Waals surface area contributed by atoms with Gasteiger partial charge in [-0.2, -0.15) is 0 Å². The van der Waals surface area contributed by atoms with Crippen molar-refractivity contribution in [2.75, 3.05) is 11.9 Å². The van der Waals surface area contributed by atoms with Crippen molar-refractivity contribution in [1.29, 1.82) is 0 Å². The van der Waals surface area contributed by atoms with Gasteiger partial charge in [0.2, 0.25) is 5.91 Å². The number of carbonyl (C=O) groups excluding carboxylic acids is 1. The first-order valence-electron chi connectivity index (χ1n) is 6.81. The zero-order valence-electron chi connectivity index (χ0n) is 11.9. The maximum Gasteiger partial charge on any atom is 0.231 e. The Balaban J connectivity index is 2.00. The number of fused-ring (bicyclic) bond motifs is 1. The van der Waals surface area contributed by atoms with Gasteiger partial charge in [0.25, 0.3) is 0 Å². The van der Waals surface area contributed by atoms with Crippen molar-refractivity contribution >= 4 is 27.5 Å². The molecule has 1 unspecified atom stereocenters. The molecule has 0 aliphatic carbocycles. The Morgan fingerprint density at radius 1 is 1.29 bits per heavy atom. The van der Waals surface area contributed by atoms with Gasteiger partial charge in [-0.05, 0) is 35.2 Å². The van der Waals surface area contributed by atoms with Crippen LogP contribution >= 0.6 is 15.9 Å². The molecule has 0 bridgehead atoms. The minimum atomic E-state index is -0.703. The topological polar surface area (TPSA) is 40.5 Å². The molecule has 1 aliphatic rings. The number of aliphatic hydroxyl groups is 1. The van der Waals surface area contributed by atoms with Crippen LogP contribution in [-0.4, -0.2) is 18.1 Å². The van der Waals surface area contributed by atoms with E-state index in [0.717, 1.165) is 32.4 Å². The maximum atomic E-state index is 11.7. The summed E-state index contributed by atoms with van der Waals surface area (Å²) in [5.41, 5.74) is 4.64. The van der Waals surface area contributed by atoms with Crippen LogP contribution < -0.4 is 4.90 Å². The highest BCUT2D eigenvalue weighted by molar-refractivity contribution is 9.10. The van der Waals surface area contributed by atoms with E-state index in [4.69, 9.17) is 0 Å². The molecule has 0 fully saturated rings. The van der Waals surface area contributed by atoms with Crippen LogP contribution in [0.3, 0.4) is 0 Å². The highest BCUT2D eigenvalue weighted by Gasteiger charge is 2.25. The second-order valence-electron chi connectivity index (χ2n) is 5.40. The van der Waals surface area contributed by atoms with Crippen molar-refractivity contribution in [3.05, 3.63) is 63.1 Å². The number of amides is 1. The summed E-state index contributed by atoms with van der Waals surface area (Å²) in [5.74, 6) is 0.0911. The number of carbonyl (C=O) groups is 1. The third kappa shape index (κ3) is 2.39. The highest BCUT2D eigenvalue weighted by atomic mass is 79.9. The largest absolute Gasteiger partial charge is 0.384 e. The number of aliphatic hydroxyl groups excluding tert-OH is 1. The Hall–Kier alpha value is -1.65. The first-order chi connectivity index (χ1) is 9.99. The van der Waals surface area contributed by atoms with E-state index in [0.29, 0.717) is 6.42 Å². The average Bonchev–Trinajstić information content (AvgIpc) is 2.76. The number of hydrogen-bond donors (Lipinski definition) is 1. The van der Waals surface area contributed by atoms with Crippen LogP contribution in [0, 0.1) is 6.92 Å². The summed E-state index contributed by atoms with van der Waals surface area (Å²) in [7, 11) is 1.78. The fourth-order valence-electron chi connectivity index (χ4n) is 2.72. The Morgan fingerprint density at radius 2 is 2.05 bits per heavy atom. The van der Waals surface area contributed by atoms with Crippen molar-refractivity contribution < 1.29 is 9.90 Å². The molecule has 21 heavy (non-hydrogen) atoms. The van der Waals surface area contributed by atoms with E-state index in [2.05, 4.69) is 15.9 Å². The van der Waals surface area contributed by atoms with Gasteiger partial charge in [-0.1, -0.05) is 46.3 Å². The van der Waals surface area contributed by atoms with Gasteiger partial charge < -0.3 is 10.0 Å². The standard InChI is InChI=1S/C17H16BrNO2/c1-10-4-3-5-13(16(10)18)17(21)11-6-7-14-12(8-11)9-15(20)19(14)2/h3-8,17,21H,9H2,1-2H3. The normalized spacial score (nSPS) is 15.2. The summed E-state index contributed by atoms with van der Waals surface area (Å²) in [6.07, 6.45) is -0.299. The number of rotatable bonds is 2. The van der Waals surface area contributed by atoms with Gasteiger partial charge in [0.05, 0.1) is 6.42 Å². The van der Waals surface area contributed by atoms with Crippen LogP contribution in [0.5, 0.6) is 0 Å². The summed E-state index contributed by atoms with van der Waals surface area (Å²) < 4.78 is 0.922. The number of anilines is 1. The molecule has 1 amide bonds. The van der Waals surface area contributed by atoms with Gasteiger partial charge in [-0.15, -0.1) is 0 Å². The molecule has 1 heterocycles. The number of hydrogen-bond acceptors (Lipinski definition) is 2. The summed E-state index contributed by atoms with van der Waals surface area (Å²) in [4.78, 5) is 13.4. The number of halogens is 1. The molecule has 1 aliphatic heterocycles. The summed E-state index contributed by atoms with van der Waals surface area (Å²) in [6, 6.07) is 11.6. The second-order valence-corrected chi connectivity index (χ2v) is 6.19. The van der Waals surface area contributed by atoms with E-state index < -0.39 is 6.10 Å². The molecule has 0 saturated heterocycles. The smallest absolute Gasteiger partial charge is 0.231 e. The molecule has 3 nitrogen and oxygen atoms in total. The molecule has 0 aromatic heterocycles. The van der Waals surface area contributed by atoms with Gasteiger partial charge in [0, 0.05) is 17.2 Å². The minimum Gasteiger partial charge on any atom is -0.384 e. The Labute approximate surface area is 132 Å². The lowest BCUT2D eigenvalue weighted by molar-refractivity contribution is -0.117. The lowest BCUT2D eigenvalue weighted by Crippen LogP contribution is -2.20. The molecular formula is C17H16BrNO2.